The van der Waals surface area contributed by atoms with Crippen LogP contribution in [0, 0.1) is 0 Å². The number of aliphatic imine (C=N–C) groups is 1. The quantitative estimate of drug-likeness (QED) is 0.333. The molecule has 0 bridgehead atoms. The Kier molecular flexibility index (Phi) is 9.78. The molecule has 0 saturated carbocycles. The average Bonchev–Trinajstić information content (AvgIpc) is 3.15. The Morgan fingerprint density at radius 2 is 2.10 bits per heavy atom. The summed E-state index contributed by atoms with van der Waals surface area (Å²) < 4.78 is 5.58. The molecule has 2 aliphatic rings. The third-order valence-electron chi connectivity index (χ3n) is 5.95. The fraction of sp³-hybridized carbons (Fsp3) is 0.667. The largest absolute Gasteiger partial charge is 0.381 e. The first-order valence-corrected chi connectivity index (χ1v) is 10.7. The molecule has 1 unspecified atom stereocenters. The van der Waals surface area contributed by atoms with Gasteiger partial charge in [0, 0.05) is 55.1 Å². The van der Waals surface area contributed by atoms with E-state index in [9.17, 15) is 0 Å². The molecule has 0 aliphatic carbocycles. The standard InChI is InChI=1S/C21H34ClN5O.HI/c1-4-23-20(24-16-21(26(2)3)9-12-28-13-10-21)25-18-8-11-27(15-18)19-7-5-6-17(22)14-19;/h5-7,14,18H,4,8-13,15-16H2,1-3H3,(H2,23,24,25);1H. The number of hydrogen-bond acceptors (Lipinski definition) is 4. The zero-order valence-electron chi connectivity index (χ0n) is 17.8. The highest BCUT2D eigenvalue weighted by molar-refractivity contribution is 14.0. The van der Waals surface area contributed by atoms with E-state index >= 15 is 0 Å². The van der Waals surface area contributed by atoms with Crippen LogP contribution in [-0.4, -0.2) is 75.9 Å². The Morgan fingerprint density at radius 3 is 2.76 bits per heavy atom. The molecule has 0 amide bonds. The summed E-state index contributed by atoms with van der Waals surface area (Å²) in [7, 11) is 4.31. The lowest BCUT2D eigenvalue weighted by atomic mass is 9.89. The summed E-state index contributed by atoms with van der Waals surface area (Å²) in [6, 6.07) is 8.47. The molecule has 2 N–H and O–H groups in total. The van der Waals surface area contributed by atoms with Crippen molar-refractivity contribution in [3.05, 3.63) is 29.3 Å². The van der Waals surface area contributed by atoms with Gasteiger partial charge in [-0.1, -0.05) is 17.7 Å². The Bertz CT molecular complexity index is 666. The van der Waals surface area contributed by atoms with Gasteiger partial charge in [-0.3, -0.25) is 4.99 Å². The Morgan fingerprint density at radius 1 is 1.34 bits per heavy atom. The number of rotatable bonds is 6. The van der Waals surface area contributed by atoms with Crippen molar-refractivity contribution in [2.75, 3.05) is 58.4 Å². The zero-order chi connectivity index (χ0) is 20.0. The summed E-state index contributed by atoms with van der Waals surface area (Å²) in [4.78, 5) is 9.66. The van der Waals surface area contributed by atoms with Crippen molar-refractivity contribution < 1.29 is 4.74 Å². The van der Waals surface area contributed by atoms with Crippen molar-refractivity contribution >= 4 is 47.2 Å². The predicted octanol–water partition coefficient (Wildman–Crippen LogP) is 3.20. The molecule has 2 fully saturated rings. The number of nitrogens with zero attached hydrogens (tertiary/aromatic N) is 3. The van der Waals surface area contributed by atoms with E-state index in [0.717, 1.165) is 69.6 Å². The second-order valence-electron chi connectivity index (χ2n) is 7.98. The minimum Gasteiger partial charge on any atom is -0.381 e. The van der Waals surface area contributed by atoms with Crippen LogP contribution >= 0.6 is 35.6 Å². The van der Waals surface area contributed by atoms with Crippen LogP contribution in [0.15, 0.2) is 29.3 Å². The molecule has 0 radical (unpaired) electrons. The van der Waals surface area contributed by atoms with Crippen LogP contribution in [0.4, 0.5) is 5.69 Å². The number of likely N-dealkylation sites (N-methyl/N-ethyl adjacent to an activating group) is 1. The van der Waals surface area contributed by atoms with Gasteiger partial charge in [0.25, 0.3) is 0 Å². The molecule has 3 rings (SSSR count). The molecule has 1 aromatic carbocycles. The summed E-state index contributed by atoms with van der Waals surface area (Å²) >= 11 is 6.15. The number of benzene rings is 1. The summed E-state index contributed by atoms with van der Waals surface area (Å²) in [6.07, 6.45) is 3.13. The molecule has 29 heavy (non-hydrogen) atoms. The molecule has 164 valence electrons. The molecule has 2 saturated heterocycles. The lowest BCUT2D eigenvalue weighted by molar-refractivity contribution is -0.00255. The minimum absolute atomic E-state index is 0. The van der Waals surface area contributed by atoms with Crippen LogP contribution in [0.25, 0.3) is 0 Å². The second kappa shape index (κ2) is 11.6. The van der Waals surface area contributed by atoms with Gasteiger partial charge >= 0.3 is 0 Å². The Balaban J connectivity index is 0.00000300. The maximum Gasteiger partial charge on any atom is 0.191 e. The van der Waals surface area contributed by atoms with E-state index in [1.54, 1.807) is 0 Å². The van der Waals surface area contributed by atoms with Gasteiger partial charge in [-0.2, -0.15) is 0 Å². The van der Waals surface area contributed by atoms with Crippen molar-refractivity contribution in [3.8, 4) is 0 Å². The van der Waals surface area contributed by atoms with Gasteiger partial charge < -0.3 is 25.2 Å². The summed E-state index contributed by atoms with van der Waals surface area (Å²) in [5.74, 6) is 0.910. The van der Waals surface area contributed by atoms with Crippen molar-refractivity contribution in [2.45, 2.75) is 37.8 Å². The molecular formula is C21H35ClIN5O. The van der Waals surface area contributed by atoms with Gasteiger partial charge in [0.2, 0.25) is 0 Å². The number of anilines is 1. The average molecular weight is 536 g/mol. The van der Waals surface area contributed by atoms with E-state index in [4.69, 9.17) is 21.3 Å². The zero-order valence-corrected chi connectivity index (χ0v) is 20.9. The predicted molar refractivity (Wildman–Crippen MR) is 133 cm³/mol. The SMILES string of the molecule is CCNC(=NCC1(N(C)C)CCOCC1)NC1CCN(c2cccc(Cl)c2)C1.I. The normalized spacial score (nSPS) is 21.8. The van der Waals surface area contributed by atoms with Crippen molar-refractivity contribution in [2.24, 2.45) is 4.99 Å². The Hall–Kier alpha value is -0.770. The van der Waals surface area contributed by atoms with E-state index in [1.807, 2.05) is 18.2 Å². The summed E-state index contributed by atoms with van der Waals surface area (Å²) in [5.41, 5.74) is 1.27. The number of nitrogens with one attached hydrogen (secondary N) is 2. The highest BCUT2D eigenvalue weighted by Crippen LogP contribution is 2.26. The molecule has 2 heterocycles. The third-order valence-corrected chi connectivity index (χ3v) is 6.19. The first-order chi connectivity index (χ1) is 13.5. The van der Waals surface area contributed by atoms with Crippen molar-refractivity contribution in [1.29, 1.82) is 0 Å². The van der Waals surface area contributed by atoms with E-state index in [1.165, 1.54) is 5.69 Å². The van der Waals surface area contributed by atoms with Crippen LogP contribution < -0.4 is 15.5 Å². The maximum atomic E-state index is 6.15. The smallest absolute Gasteiger partial charge is 0.191 e. The third kappa shape index (κ3) is 6.60. The number of hydrogen-bond donors (Lipinski definition) is 2. The second-order valence-corrected chi connectivity index (χ2v) is 8.42. The molecule has 0 aromatic heterocycles. The summed E-state index contributed by atoms with van der Waals surface area (Å²) in [5, 5.41) is 7.85. The lowest BCUT2D eigenvalue weighted by Gasteiger charge is -2.41. The highest BCUT2D eigenvalue weighted by Gasteiger charge is 2.35. The molecule has 1 atom stereocenters. The molecule has 8 heteroatoms. The van der Waals surface area contributed by atoms with Gasteiger partial charge in [-0.25, -0.2) is 0 Å². The molecule has 2 aliphatic heterocycles. The van der Waals surface area contributed by atoms with E-state index in [0.29, 0.717) is 6.04 Å². The van der Waals surface area contributed by atoms with Gasteiger partial charge in [0.05, 0.1) is 6.54 Å². The monoisotopic (exact) mass is 535 g/mol. The van der Waals surface area contributed by atoms with E-state index in [-0.39, 0.29) is 29.5 Å². The fourth-order valence-corrected chi connectivity index (χ4v) is 4.21. The number of guanidine groups is 1. The molecule has 1 aromatic rings. The lowest BCUT2D eigenvalue weighted by Crippen LogP contribution is -2.52. The van der Waals surface area contributed by atoms with Gasteiger partial charge in [-0.05, 0) is 58.5 Å². The number of ether oxygens (including phenoxy) is 1. The Labute approximate surface area is 197 Å². The van der Waals surface area contributed by atoms with Crippen LogP contribution in [0.5, 0.6) is 0 Å². The van der Waals surface area contributed by atoms with Gasteiger partial charge in [-0.15, -0.1) is 24.0 Å². The van der Waals surface area contributed by atoms with Crippen molar-refractivity contribution in [3.63, 3.8) is 0 Å². The van der Waals surface area contributed by atoms with Gasteiger partial charge in [0.1, 0.15) is 0 Å². The molecular weight excluding hydrogens is 501 g/mol. The van der Waals surface area contributed by atoms with E-state index in [2.05, 4.69) is 47.5 Å². The van der Waals surface area contributed by atoms with Crippen LogP contribution in [-0.2, 0) is 4.74 Å². The summed E-state index contributed by atoms with van der Waals surface area (Å²) in [6.45, 7) is 7.36. The topological polar surface area (TPSA) is 52.1 Å². The van der Waals surface area contributed by atoms with Crippen LogP contribution in [0.2, 0.25) is 5.02 Å². The van der Waals surface area contributed by atoms with Crippen molar-refractivity contribution in [1.82, 2.24) is 15.5 Å². The minimum atomic E-state index is 0. The van der Waals surface area contributed by atoms with Crippen LogP contribution in [0.3, 0.4) is 0 Å². The first-order valence-electron chi connectivity index (χ1n) is 10.3. The fourth-order valence-electron chi connectivity index (χ4n) is 4.02. The number of halogens is 2. The maximum absolute atomic E-state index is 6.15. The molecule has 6 nitrogen and oxygen atoms in total. The first kappa shape index (κ1) is 24.5. The van der Waals surface area contributed by atoms with E-state index < -0.39 is 0 Å². The van der Waals surface area contributed by atoms with Gasteiger partial charge in [0.15, 0.2) is 5.96 Å². The van der Waals surface area contributed by atoms with Crippen LogP contribution in [0.1, 0.15) is 26.2 Å². The highest BCUT2D eigenvalue weighted by atomic mass is 127. The molecule has 0 spiro atoms.